The Morgan fingerprint density at radius 2 is 1.93 bits per heavy atom. The molecule has 140 valence electrons. The van der Waals surface area contributed by atoms with Crippen LogP contribution in [0, 0.1) is 5.82 Å². The third kappa shape index (κ3) is 3.48. The second-order valence-electron chi connectivity index (χ2n) is 5.64. The van der Waals surface area contributed by atoms with E-state index in [1.54, 1.807) is 10.4 Å². The van der Waals surface area contributed by atoms with E-state index in [0.717, 1.165) is 28.3 Å². The van der Waals surface area contributed by atoms with E-state index in [1.165, 1.54) is 24.4 Å². The molecule has 0 bridgehead atoms. The van der Waals surface area contributed by atoms with Crippen molar-refractivity contribution in [2.45, 2.75) is 17.6 Å². The number of rotatable bonds is 3. The zero-order valence-electron chi connectivity index (χ0n) is 13.2. The van der Waals surface area contributed by atoms with E-state index in [1.807, 2.05) is 0 Å². The van der Waals surface area contributed by atoms with Crippen molar-refractivity contribution < 1.29 is 21.4 Å². The van der Waals surface area contributed by atoms with E-state index in [2.05, 4.69) is 10.1 Å². The maximum atomic E-state index is 13.7. The van der Waals surface area contributed by atoms with Crippen molar-refractivity contribution in [2.75, 3.05) is 4.31 Å². The highest BCUT2D eigenvalue weighted by atomic mass is 32.2. The Labute approximate surface area is 158 Å². The van der Waals surface area contributed by atoms with Gasteiger partial charge in [-0.1, -0.05) is 0 Å². The first-order valence-electron chi connectivity index (χ1n) is 7.51. The molecule has 0 N–H and O–H groups in total. The molecular weight excluding hydrogens is 407 g/mol. The molecule has 0 aliphatic carbocycles. The fraction of sp³-hybridized carbons (Fsp3) is 0.125. The second kappa shape index (κ2) is 6.71. The van der Waals surface area contributed by atoms with Crippen molar-refractivity contribution >= 4 is 30.0 Å². The van der Waals surface area contributed by atoms with Gasteiger partial charge in [0.15, 0.2) is 12.3 Å². The lowest BCUT2D eigenvalue weighted by molar-refractivity contribution is -0.141. The van der Waals surface area contributed by atoms with Crippen molar-refractivity contribution in [3.05, 3.63) is 59.8 Å². The van der Waals surface area contributed by atoms with Crippen LogP contribution >= 0.6 is 24.3 Å². The van der Waals surface area contributed by atoms with Crippen LogP contribution in [-0.4, -0.2) is 14.2 Å². The summed E-state index contributed by atoms with van der Waals surface area (Å²) in [5.74, 6) is -0.467. The van der Waals surface area contributed by atoms with Gasteiger partial charge in [-0.3, -0.25) is 4.98 Å². The van der Waals surface area contributed by atoms with Gasteiger partial charge >= 0.3 is 6.18 Å². The van der Waals surface area contributed by atoms with Crippen LogP contribution in [0.15, 0.2) is 47.6 Å². The summed E-state index contributed by atoms with van der Waals surface area (Å²) in [6, 6.07) is 6.36. The van der Waals surface area contributed by atoms with E-state index in [-0.39, 0.29) is 12.3 Å². The van der Waals surface area contributed by atoms with Crippen molar-refractivity contribution in [3.8, 4) is 11.3 Å². The van der Waals surface area contributed by atoms with Crippen molar-refractivity contribution in [2.24, 2.45) is 0 Å². The first-order valence-corrected chi connectivity index (χ1v) is 8.96. The molecule has 0 spiro atoms. The van der Waals surface area contributed by atoms with Crippen LogP contribution in [-0.2, 0) is 12.7 Å². The highest BCUT2D eigenvalue weighted by molar-refractivity contribution is 8.00. The minimum absolute atomic E-state index is 0.0798. The molecule has 0 radical (unpaired) electrons. The maximum Gasteiger partial charge on any atom is 0.433 e. The quantitative estimate of drug-likeness (QED) is 0.415. The fourth-order valence-corrected chi connectivity index (χ4v) is 3.95. The number of halogens is 5. The molecule has 4 nitrogen and oxygen atoms in total. The van der Waals surface area contributed by atoms with Crippen LogP contribution in [0.4, 0.5) is 27.1 Å². The lowest BCUT2D eigenvalue weighted by Crippen LogP contribution is -2.19. The van der Waals surface area contributed by atoms with Crippen LogP contribution in [0.1, 0.15) is 11.3 Å². The van der Waals surface area contributed by atoms with E-state index in [9.17, 15) is 21.4 Å². The van der Waals surface area contributed by atoms with E-state index in [0.29, 0.717) is 33.9 Å². The summed E-state index contributed by atoms with van der Waals surface area (Å²) in [5, 5.41) is 4.10. The molecule has 2 aromatic heterocycles. The molecule has 1 aromatic carbocycles. The summed E-state index contributed by atoms with van der Waals surface area (Å²) in [4.78, 5) is 3.93. The van der Waals surface area contributed by atoms with Gasteiger partial charge in [0.05, 0.1) is 12.2 Å². The van der Waals surface area contributed by atoms with E-state index >= 15 is 0 Å². The summed E-state index contributed by atoms with van der Waals surface area (Å²) in [5.41, 5.74) is 1.28. The minimum Gasteiger partial charge on any atom is -0.307 e. The van der Waals surface area contributed by atoms with Gasteiger partial charge in [0.25, 0.3) is 0 Å². The topological polar surface area (TPSA) is 34.0 Å². The standard InChI is InChI=1S/C16H9F5N4S2/c17-10-1-3-13-12(5-10)15-9(8-25(23-15)27-21)7-24(13)26-11-2-4-14(22-6-11)16(18,19)20/h1-6,8H,7H2. The zero-order valence-corrected chi connectivity index (χ0v) is 14.9. The van der Waals surface area contributed by atoms with Gasteiger partial charge in [0.1, 0.15) is 17.2 Å². The second-order valence-corrected chi connectivity index (χ2v) is 7.25. The summed E-state index contributed by atoms with van der Waals surface area (Å²) < 4.78 is 67.4. The van der Waals surface area contributed by atoms with Crippen LogP contribution in [0.2, 0.25) is 0 Å². The highest BCUT2D eigenvalue weighted by Crippen LogP contribution is 2.43. The van der Waals surface area contributed by atoms with Crippen molar-refractivity contribution in [1.29, 1.82) is 0 Å². The predicted octanol–water partition coefficient (Wildman–Crippen LogP) is 5.51. The Bertz CT molecular complexity index is 987. The average Bonchev–Trinajstić information content (AvgIpc) is 3.05. The summed E-state index contributed by atoms with van der Waals surface area (Å²) in [7, 11) is 0. The predicted molar refractivity (Wildman–Crippen MR) is 93.0 cm³/mol. The summed E-state index contributed by atoms with van der Waals surface area (Å²) in [6.07, 6.45) is -1.88. The average molecular weight is 416 g/mol. The molecule has 3 heterocycles. The largest absolute Gasteiger partial charge is 0.433 e. The molecule has 11 heteroatoms. The van der Waals surface area contributed by atoms with Gasteiger partial charge in [0, 0.05) is 28.4 Å². The molecule has 3 aromatic rings. The normalized spacial score (nSPS) is 13.4. The lowest BCUT2D eigenvalue weighted by atomic mass is 10.0. The summed E-state index contributed by atoms with van der Waals surface area (Å²) >= 11 is 1.08. The molecule has 1 aliphatic heterocycles. The molecule has 0 atom stereocenters. The fourth-order valence-electron chi connectivity index (χ4n) is 2.73. The molecule has 0 saturated heterocycles. The van der Waals surface area contributed by atoms with Gasteiger partial charge in [-0.05, 0) is 42.3 Å². The number of anilines is 1. The van der Waals surface area contributed by atoms with E-state index in [4.69, 9.17) is 0 Å². The molecule has 0 saturated carbocycles. The zero-order chi connectivity index (χ0) is 19.2. The Hall–Kier alpha value is -2.27. The Kier molecular flexibility index (Phi) is 4.50. The minimum atomic E-state index is -4.51. The lowest BCUT2D eigenvalue weighted by Gasteiger charge is -2.29. The first-order chi connectivity index (χ1) is 12.8. The first kappa shape index (κ1) is 18.1. The third-order valence-corrected chi connectivity index (χ3v) is 5.21. The number of alkyl halides is 3. The van der Waals surface area contributed by atoms with Crippen LogP contribution < -0.4 is 4.31 Å². The molecule has 0 fully saturated rings. The number of hydrogen-bond acceptors (Lipinski definition) is 5. The number of benzene rings is 1. The van der Waals surface area contributed by atoms with Gasteiger partial charge in [-0.25, -0.2) is 4.39 Å². The van der Waals surface area contributed by atoms with Crippen LogP contribution in [0.5, 0.6) is 0 Å². The number of pyridine rings is 1. The molecular formula is C16H9F5N4S2. The molecule has 0 unspecified atom stereocenters. The molecule has 1 aliphatic rings. The Balaban J connectivity index is 1.68. The number of hydrogen-bond donors (Lipinski definition) is 0. The third-order valence-electron chi connectivity index (χ3n) is 3.88. The summed E-state index contributed by atoms with van der Waals surface area (Å²) in [6.45, 7) is 0.320. The number of fused-ring (bicyclic) bond motifs is 3. The van der Waals surface area contributed by atoms with Gasteiger partial charge in [-0.2, -0.15) is 22.4 Å². The SMILES string of the molecule is FSn1cc2c(n1)-c1cc(F)ccc1N(Sc1ccc(C(F)(F)F)nc1)C2. The number of aromatic nitrogens is 3. The molecule has 0 amide bonds. The molecule has 27 heavy (non-hydrogen) atoms. The molecule has 4 rings (SSSR count). The van der Waals surface area contributed by atoms with Gasteiger partial charge < -0.3 is 4.31 Å². The Morgan fingerprint density at radius 3 is 2.59 bits per heavy atom. The van der Waals surface area contributed by atoms with Gasteiger partial charge in [-0.15, -0.1) is 3.89 Å². The smallest absolute Gasteiger partial charge is 0.307 e. The highest BCUT2D eigenvalue weighted by Gasteiger charge is 2.32. The van der Waals surface area contributed by atoms with Crippen LogP contribution in [0.25, 0.3) is 11.3 Å². The van der Waals surface area contributed by atoms with Crippen molar-refractivity contribution in [1.82, 2.24) is 14.2 Å². The Morgan fingerprint density at radius 1 is 1.11 bits per heavy atom. The number of nitrogens with zero attached hydrogens (tertiary/aromatic N) is 4. The van der Waals surface area contributed by atoms with Crippen LogP contribution in [0.3, 0.4) is 0 Å². The maximum absolute atomic E-state index is 13.7. The monoisotopic (exact) mass is 416 g/mol. The van der Waals surface area contributed by atoms with Gasteiger partial charge in [0.2, 0.25) is 0 Å². The van der Waals surface area contributed by atoms with E-state index < -0.39 is 17.7 Å². The van der Waals surface area contributed by atoms with Crippen molar-refractivity contribution in [3.63, 3.8) is 0 Å².